The van der Waals surface area contributed by atoms with Gasteiger partial charge in [-0.15, -0.1) is 0 Å². The lowest BCUT2D eigenvalue weighted by atomic mass is 10.1. The molecule has 1 N–H and O–H groups in total. The van der Waals surface area contributed by atoms with Crippen molar-refractivity contribution < 1.29 is 0 Å². The van der Waals surface area contributed by atoms with E-state index >= 15 is 0 Å². The first-order valence-corrected chi connectivity index (χ1v) is 5.47. The van der Waals surface area contributed by atoms with Crippen molar-refractivity contribution in [2.45, 2.75) is 13.3 Å². The molecule has 0 aliphatic heterocycles. The van der Waals surface area contributed by atoms with Gasteiger partial charge in [0.1, 0.15) is 11.6 Å². The second-order valence-corrected chi connectivity index (χ2v) is 3.78. The normalized spacial score (nSPS) is 9.88. The third-order valence-electron chi connectivity index (χ3n) is 2.70. The minimum absolute atomic E-state index is 0.138. The average Bonchev–Trinajstić information content (AvgIpc) is 2.39. The Bertz CT molecular complexity index is 618. The van der Waals surface area contributed by atoms with Gasteiger partial charge in [0.25, 0.3) is 5.56 Å². The zero-order valence-electron chi connectivity index (χ0n) is 9.53. The van der Waals surface area contributed by atoms with Crippen LogP contribution in [0.2, 0.25) is 0 Å². The Labute approximate surface area is 99.4 Å². The van der Waals surface area contributed by atoms with Crippen molar-refractivity contribution in [1.82, 2.24) is 4.98 Å². The maximum Gasteiger partial charge on any atom is 0.266 e. The van der Waals surface area contributed by atoms with Crippen LogP contribution in [0, 0.1) is 11.3 Å². The van der Waals surface area contributed by atoms with E-state index in [0.717, 1.165) is 17.7 Å². The molecule has 0 bridgehead atoms. The number of nitrogens with one attached hydrogen (secondary N) is 1. The first-order valence-electron chi connectivity index (χ1n) is 5.47. The Morgan fingerprint density at radius 1 is 1.18 bits per heavy atom. The number of H-pyrrole nitrogens is 1. The van der Waals surface area contributed by atoms with Gasteiger partial charge >= 0.3 is 0 Å². The standard InChI is InChI=1S/C14H12N2O/c1-2-10-3-5-11(6-4-10)13-8-7-12(9-15)14(17)16-13/h3-8H,2H2,1H3,(H,16,17). The van der Waals surface area contributed by atoms with Crippen LogP contribution in [0.5, 0.6) is 0 Å². The summed E-state index contributed by atoms with van der Waals surface area (Å²) in [7, 11) is 0. The van der Waals surface area contributed by atoms with Gasteiger partial charge in [0.2, 0.25) is 0 Å². The number of benzene rings is 1. The highest BCUT2D eigenvalue weighted by atomic mass is 16.1. The van der Waals surface area contributed by atoms with E-state index in [0.29, 0.717) is 0 Å². The van der Waals surface area contributed by atoms with Crippen LogP contribution in [0.1, 0.15) is 18.1 Å². The Kier molecular flexibility index (Phi) is 3.06. The molecule has 0 spiro atoms. The summed E-state index contributed by atoms with van der Waals surface area (Å²) in [6.45, 7) is 2.10. The van der Waals surface area contributed by atoms with Crippen molar-refractivity contribution in [2.75, 3.05) is 0 Å². The molecular formula is C14H12N2O. The van der Waals surface area contributed by atoms with E-state index in [4.69, 9.17) is 5.26 Å². The Hall–Kier alpha value is -2.34. The third kappa shape index (κ3) is 2.26. The highest BCUT2D eigenvalue weighted by molar-refractivity contribution is 5.59. The van der Waals surface area contributed by atoms with E-state index in [1.54, 1.807) is 12.1 Å². The van der Waals surface area contributed by atoms with Crippen molar-refractivity contribution in [3.63, 3.8) is 0 Å². The number of hydrogen-bond donors (Lipinski definition) is 1. The van der Waals surface area contributed by atoms with Crippen LogP contribution in [0.4, 0.5) is 0 Å². The van der Waals surface area contributed by atoms with Gasteiger partial charge in [0.05, 0.1) is 0 Å². The van der Waals surface area contributed by atoms with Crippen molar-refractivity contribution in [3.05, 3.63) is 57.9 Å². The summed E-state index contributed by atoms with van der Waals surface area (Å²) in [5.74, 6) is 0. The maximum atomic E-state index is 11.5. The molecule has 1 aromatic carbocycles. The highest BCUT2D eigenvalue weighted by Crippen LogP contribution is 2.16. The molecule has 0 unspecified atom stereocenters. The van der Waals surface area contributed by atoms with E-state index in [1.807, 2.05) is 30.3 Å². The minimum atomic E-state index is -0.343. The number of aryl methyl sites for hydroxylation is 1. The number of nitriles is 1. The summed E-state index contributed by atoms with van der Waals surface area (Å²) in [5.41, 5.74) is 2.73. The molecule has 0 fully saturated rings. The molecule has 2 rings (SSSR count). The molecule has 84 valence electrons. The summed E-state index contributed by atoms with van der Waals surface area (Å²) >= 11 is 0. The average molecular weight is 224 g/mol. The summed E-state index contributed by atoms with van der Waals surface area (Å²) in [6.07, 6.45) is 0.990. The monoisotopic (exact) mass is 224 g/mol. The van der Waals surface area contributed by atoms with Crippen LogP contribution < -0.4 is 5.56 Å². The molecule has 2 aromatic rings. The summed E-state index contributed by atoms with van der Waals surface area (Å²) in [5, 5.41) is 8.68. The van der Waals surface area contributed by atoms with Crippen molar-refractivity contribution in [3.8, 4) is 17.3 Å². The topological polar surface area (TPSA) is 56.6 Å². The zero-order valence-corrected chi connectivity index (χ0v) is 9.53. The molecule has 0 aliphatic carbocycles. The number of aromatic nitrogens is 1. The largest absolute Gasteiger partial charge is 0.321 e. The molecule has 1 heterocycles. The van der Waals surface area contributed by atoms with E-state index < -0.39 is 0 Å². The van der Waals surface area contributed by atoms with Gasteiger partial charge in [-0.3, -0.25) is 4.79 Å². The SMILES string of the molecule is CCc1ccc(-c2ccc(C#N)c(=O)[nH]2)cc1. The highest BCUT2D eigenvalue weighted by Gasteiger charge is 2.02. The lowest BCUT2D eigenvalue weighted by molar-refractivity contribution is 1.14. The van der Waals surface area contributed by atoms with E-state index in [2.05, 4.69) is 11.9 Å². The molecule has 17 heavy (non-hydrogen) atoms. The fourth-order valence-corrected chi connectivity index (χ4v) is 1.65. The van der Waals surface area contributed by atoms with Crippen molar-refractivity contribution in [2.24, 2.45) is 0 Å². The molecule has 0 aliphatic rings. The molecule has 0 radical (unpaired) electrons. The fraction of sp³-hybridized carbons (Fsp3) is 0.143. The summed E-state index contributed by atoms with van der Waals surface area (Å²) in [4.78, 5) is 14.2. The molecule has 3 nitrogen and oxygen atoms in total. The van der Waals surface area contributed by atoms with Gasteiger partial charge in [-0.25, -0.2) is 0 Å². The molecular weight excluding hydrogens is 212 g/mol. The predicted octanol–water partition coefficient (Wildman–Crippen LogP) is 2.48. The van der Waals surface area contributed by atoms with Crippen LogP contribution >= 0.6 is 0 Å². The Morgan fingerprint density at radius 2 is 1.88 bits per heavy atom. The zero-order chi connectivity index (χ0) is 12.3. The number of aromatic amines is 1. The Morgan fingerprint density at radius 3 is 2.41 bits per heavy atom. The quantitative estimate of drug-likeness (QED) is 0.851. The van der Waals surface area contributed by atoms with E-state index in [-0.39, 0.29) is 11.1 Å². The van der Waals surface area contributed by atoms with Gasteiger partial charge in [0.15, 0.2) is 0 Å². The molecule has 0 saturated heterocycles. The van der Waals surface area contributed by atoms with Gasteiger partial charge in [0, 0.05) is 5.69 Å². The van der Waals surface area contributed by atoms with Crippen LogP contribution in [0.15, 0.2) is 41.2 Å². The van der Waals surface area contributed by atoms with Gasteiger partial charge in [-0.2, -0.15) is 5.26 Å². The number of pyridine rings is 1. The van der Waals surface area contributed by atoms with Gasteiger partial charge in [-0.1, -0.05) is 31.2 Å². The third-order valence-corrected chi connectivity index (χ3v) is 2.70. The first kappa shape index (κ1) is 11.2. The Balaban J connectivity index is 2.43. The maximum absolute atomic E-state index is 11.5. The molecule has 3 heteroatoms. The fourth-order valence-electron chi connectivity index (χ4n) is 1.65. The van der Waals surface area contributed by atoms with E-state index in [9.17, 15) is 4.79 Å². The van der Waals surface area contributed by atoms with Crippen molar-refractivity contribution in [1.29, 1.82) is 5.26 Å². The summed E-state index contributed by atoms with van der Waals surface area (Å²) < 4.78 is 0. The molecule has 1 aromatic heterocycles. The van der Waals surface area contributed by atoms with Crippen LogP contribution in [-0.2, 0) is 6.42 Å². The second kappa shape index (κ2) is 4.67. The lowest BCUT2D eigenvalue weighted by Gasteiger charge is -2.03. The lowest BCUT2D eigenvalue weighted by Crippen LogP contribution is -2.10. The second-order valence-electron chi connectivity index (χ2n) is 3.78. The van der Waals surface area contributed by atoms with Crippen molar-refractivity contribution >= 4 is 0 Å². The molecule has 0 amide bonds. The molecule has 0 saturated carbocycles. The number of rotatable bonds is 2. The summed E-state index contributed by atoms with van der Waals surface area (Å²) in [6, 6.07) is 13.1. The number of hydrogen-bond acceptors (Lipinski definition) is 2. The van der Waals surface area contributed by atoms with Crippen LogP contribution in [0.3, 0.4) is 0 Å². The first-order chi connectivity index (χ1) is 8.24. The molecule has 0 atom stereocenters. The van der Waals surface area contributed by atoms with Crippen LogP contribution in [-0.4, -0.2) is 4.98 Å². The van der Waals surface area contributed by atoms with Crippen LogP contribution in [0.25, 0.3) is 11.3 Å². The smallest absolute Gasteiger partial charge is 0.266 e. The van der Waals surface area contributed by atoms with E-state index in [1.165, 1.54) is 5.56 Å². The predicted molar refractivity (Wildman–Crippen MR) is 66.6 cm³/mol. The van der Waals surface area contributed by atoms with Gasteiger partial charge in [-0.05, 0) is 29.7 Å². The minimum Gasteiger partial charge on any atom is -0.321 e. The number of nitrogens with zero attached hydrogens (tertiary/aromatic N) is 1. The van der Waals surface area contributed by atoms with Gasteiger partial charge < -0.3 is 4.98 Å².